The lowest BCUT2D eigenvalue weighted by atomic mass is 9.95. The van der Waals surface area contributed by atoms with E-state index < -0.39 is 0 Å². The Morgan fingerprint density at radius 1 is 1.25 bits per heavy atom. The van der Waals surface area contributed by atoms with Gasteiger partial charge < -0.3 is 15.1 Å². The fourth-order valence-corrected chi connectivity index (χ4v) is 4.98. The highest BCUT2D eigenvalue weighted by molar-refractivity contribution is 7.17. The highest BCUT2D eigenvalue weighted by Crippen LogP contribution is 2.38. The van der Waals surface area contributed by atoms with Gasteiger partial charge in [-0.1, -0.05) is 0 Å². The van der Waals surface area contributed by atoms with Crippen LogP contribution in [0.1, 0.15) is 46.1 Å². The number of nitrogens with one attached hydrogen (secondary N) is 2. The second-order valence-electron chi connectivity index (χ2n) is 6.90. The van der Waals surface area contributed by atoms with Crippen molar-refractivity contribution in [1.29, 1.82) is 0 Å². The maximum Gasteiger partial charge on any atom is 0.254 e. The number of hydrogen-bond donors (Lipinski definition) is 2. The summed E-state index contributed by atoms with van der Waals surface area (Å²) in [7, 11) is 0. The van der Waals surface area contributed by atoms with Crippen LogP contribution in [0, 0.1) is 5.82 Å². The molecule has 1 aliphatic rings. The zero-order valence-corrected chi connectivity index (χ0v) is 16.4. The predicted octanol–water partition coefficient (Wildman–Crippen LogP) is 4.44. The Hall–Kier alpha value is -2.67. The molecule has 7 heteroatoms. The van der Waals surface area contributed by atoms with Crippen molar-refractivity contribution < 1.29 is 18.4 Å². The quantitative estimate of drug-likeness (QED) is 0.665. The molecule has 5 nitrogen and oxygen atoms in total. The Morgan fingerprint density at radius 3 is 2.89 bits per heavy atom. The van der Waals surface area contributed by atoms with E-state index >= 15 is 0 Å². The van der Waals surface area contributed by atoms with Crippen molar-refractivity contribution in [1.82, 2.24) is 5.32 Å². The topological polar surface area (TPSA) is 71.3 Å². The lowest BCUT2D eigenvalue weighted by Crippen LogP contribution is -2.25. The Morgan fingerprint density at radius 2 is 2.07 bits per heavy atom. The van der Waals surface area contributed by atoms with Gasteiger partial charge in [-0.25, -0.2) is 4.39 Å². The highest BCUT2D eigenvalue weighted by Gasteiger charge is 2.26. The van der Waals surface area contributed by atoms with Crippen molar-refractivity contribution >= 4 is 39.1 Å². The van der Waals surface area contributed by atoms with E-state index in [0.717, 1.165) is 31.2 Å². The molecule has 0 aliphatic heterocycles. The summed E-state index contributed by atoms with van der Waals surface area (Å²) in [5, 5.41) is 6.94. The molecule has 2 heterocycles. The number of fused-ring (bicyclic) bond motifs is 2. The number of hydrogen-bond acceptors (Lipinski definition) is 4. The third-order valence-corrected chi connectivity index (χ3v) is 6.16. The fraction of sp³-hybridized carbons (Fsp3) is 0.333. The Bertz CT molecular complexity index is 1050. The molecule has 0 atom stereocenters. The van der Waals surface area contributed by atoms with Gasteiger partial charge in [-0.3, -0.25) is 9.59 Å². The number of anilines is 1. The summed E-state index contributed by atoms with van der Waals surface area (Å²) in [6, 6.07) is 4.24. The average molecular weight is 400 g/mol. The number of benzene rings is 1. The molecule has 2 amide bonds. The zero-order chi connectivity index (χ0) is 19.7. The minimum atomic E-state index is -0.375. The zero-order valence-electron chi connectivity index (χ0n) is 15.6. The van der Waals surface area contributed by atoms with E-state index in [2.05, 4.69) is 10.6 Å². The minimum absolute atomic E-state index is 0.0495. The first kappa shape index (κ1) is 18.7. The molecular formula is C21H21FN2O3S. The van der Waals surface area contributed by atoms with E-state index in [1.54, 1.807) is 6.07 Å². The molecule has 0 saturated carbocycles. The third-order valence-electron chi connectivity index (χ3n) is 4.96. The summed E-state index contributed by atoms with van der Waals surface area (Å²) in [6.07, 6.45) is 5.48. The summed E-state index contributed by atoms with van der Waals surface area (Å²) in [4.78, 5) is 26.5. The van der Waals surface area contributed by atoms with Crippen molar-refractivity contribution in [3.05, 3.63) is 51.8 Å². The molecule has 0 unspecified atom stereocenters. The summed E-state index contributed by atoms with van der Waals surface area (Å²) < 4.78 is 18.9. The molecule has 0 bridgehead atoms. The van der Waals surface area contributed by atoms with Crippen molar-refractivity contribution in [2.45, 2.75) is 39.0 Å². The first-order chi connectivity index (χ1) is 13.6. The molecule has 0 spiro atoms. The Labute approximate surface area is 165 Å². The molecule has 4 rings (SSSR count). The second kappa shape index (κ2) is 7.75. The number of carbonyl (C=O) groups excluding carboxylic acids is 2. The van der Waals surface area contributed by atoms with Crippen LogP contribution in [0.15, 0.2) is 28.9 Å². The summed E-state index contributed by atoms with van der Waals surface area (Å²) in [5.74, 6) is -0.774. The number of rotatable bonds is 5. The monoisotopic (exact) mass is 400 g/mol. The summed E-state index contributed by atoms with van der Waals surface area (Å²) in [6.45, 7) is 2.40. The maximum atomic E-state index is 13.5. The van der Waals surface area contributed by atoms with Gasteiger partial charge in [-0.05, 0) is 56.4 Å². The van der Waals surface area contributed by atoms with Gasteiger partial charge in [0.05, 0.1) is 18.2 Å². The third kappa shape index (κ3) is 3.54. The van der Waals surface area contributed by atoms with Crippen molar-refractivity contribution in [2.24, 2.45) is 0 Å². The van der Waals surface area contributed by atoms with E-state index in [9.17, 15) is 14.0 Å². The van der Waals surface area contributed by atoms with E-state index in [4.69, 9.17) is 4.42 Å². The fourth-order valence-electron chi connectivity index (χ4n) is 3.68. The van der Waals surface area contributed by atoms with Crippen LogP contribution in [0.2, 0.25) is 0 Å². The Balaban J connectivity index is 1.59. The lowest BCUT2D eigenvalue weighted by Gasteiger charge is -2.12. The highest BCUT2D eigenvalue weighted by atomic mass is 32.1. The molecule has 28 heavy (non-hydrogen) atoms. The van der Waals surface area contributed by atoms with Gasteiger partial charge >= 0.3 is 0 Å². The van der Waals surface area contributed by atoms with E-state index in [1.165, 1.54) is 34.6 Å². The van der Waals surface area contributed by atoms with Gasteiger partial charge in [0.1, 0.15) is 16.4 Å². The molecule has 1 aromatic carbocycles. The number of aryl methyl sites for hydroxylation is 1. The minimum Gasteiger partial charge on any atom is -0.464 e. The van der Waals surface area contributed by atoms with Crippen molar-refractivity contribution in [2.75, 3.05) is 11.9 Å². The van der Waals surface area contributed by atoms with Crippen LogP contribution < -0.4 is 10.6 Å². The molecule has 3 aromatic rings. The maximum absolute atomic E-state index is 13.5. The van der Waals surface area contributed by atoms with Crippen LogP contribution in [0.5, 0.6) is 0 Å². The standard InChI is InChI=1S/C21H21FN2O3S/c1-2-23-20(26)19-14-5-3-4-6-17(14)28-21(19)24-18(25)9-12-11-27-16-8-7-13(22)10-15(12)16/h7-8,10-11H,2-6,9H2,1H3,(H,23,26)(H,24,25). The summed E-state index contributed by atoms with van der Waals surface area (Å²) >= 11 is 1.49. The average Bonchev–Trinajstić information content (AvgIpc) is 3.22. The van der Waals surface area contributed by atoms with E-state index in [1.807, 2.05) is 6.92 Å². The molecule has 2 N–H and O–H groups in total. The Kier molecular flexibility index (Phi) is 5.17. The number of thiophene rings is 1. The largest absolute Gasteiger partial charge is 0.464 e. The van der Waals surface area contributed by atoms with E-state index in [0.29, 0.717) is 33.6 Å². The van der Waals surface area contributed by atoms with Crippen LogP contribution in [0.25, 0.3) is 11.0 Å². The molecule has 1 aliphatic carbocycles. The normalized spacial score (nSPS) is 13.4. The number of carbonyl (C=O) groups is 2. The van der Waals surface area contributed by atoms with Gasteiger partial charge in [0.25, 0.3) is 5.91 Å². The van der Waals surface area contributed by atoms with Gasteiger partial charge in [-0.15, -0.1) is 11.3 Å². The van der Waals surface area contributed by atoms with Gasteiger partial charge in [-0.2, -0.15) is 0 Å². The van der Waals surface area contributed by atoms with Crippen LogP contribution in [0.4, 0.5) is 9.39 Å². The molecule has 2 aromatic heterocycles. The predicted molar refractivity (Wildman–Crippen MR) is 107 cm³/mol. The van der Waals surface area contributed by atoms with Crippen LogP contribution >= 0.6 is 11.3 Å². The SMILES string of the molecule is CCNC(=O)c1c(NC(=O)Cc2coc3ccc(F)cc23)sc2c1CCCC2. The van der Waals surface area contributed by atoms with Crippen molar-refractivity contribution in [3.8, 4) is 0 Å². The smallest absolute Gasteiger partial charge is 0.254 e. The van der Waals surface area contributed by atoms with Gasteiger partial charge in [0.2, 0.25) is 5.91 Å². The molecular weight excluding hydrogens is 379 g/mol. The first-order valence-corrected chi connectivity index (χ1v) is 10.3. The molecule has 0 fully saturated rings. The van der Waals surface area contributed by atoms with Crippen molar-refractivity contribution in [3.63, 3.8) is 0 Å². The molecule has 0 radical (unpaired) electrons. The second-order valence-corrected chi connectivity index (χ2v) is 8.01. The number of amides is 2. The number of furan rings is 1. The molecule has 146 valence electrons. The van der Waals surface area contributed by atoms with Crippen LogP contribution in [-0.2, 0) is 24.1 Å². The first-order valence-electron chi connectivity index (χ1n) is 9.45. The van der Waals surface area contributed by atoms with E-state index in [-0.39, 0.29) is 24.1 Å². The van der Waals surface area contributed by atoms with Crippen LogP contribution in [0.3, 0.4) is 0 Å². The van der Waals surface area contributed by atoms with Gasteiger partial charge in [0, 0.05) is 22.4 Å². The number of halogens is 1. The lowest BCUT2D eigenvalue weighted by molar-refractivity contribution is -0.115. The van der Waals surface area contributed by atoms with Crippen LogP contribution in [-0.4, -0.2) is 18.4 Å². The van der Waals surface area contributed by atoms with Gasteiger partial charge in [0.15, 0.2) is 0 Å². The molecule has 0 saturated heterocycles. The summed E-state index contributed by atoms with van der Waals surface area (Å²) in [5.41, 5.74) is 2.82.